The van der Waals surface area contributed by atoms with Crippen LogP contribution in [0.4, 0.5) is 0 Å². The van der Waals surface area contributed by atoms with E-state index < -0.39 is 5.97 Å². The Morgan fingerprint density at radius 3 is 3.09 bits per heavy atom. The van der Waals surface area contributed by atoms with Gasteiger partial charge in [0.25, 0.3) is 0 Å². The van der Waals surface area contributed by atoms with Crippen LogP contribution in [-0.4, -0.2) is 15.4 Å². The van der Waals surface area contributed by atoms with E-state index in [-0.39, 0.29) is 6.42 Å². The van der Waals surface area contributed by atoms with Crippen LogP contribution in [0.1, 0.15) is 18.5 Å². The highest BCUT2D eigenvalue weighted by Crippen LogP contribution is 2.04. The smallest absolute Gasteiger partial charge is 0.303 e. The van der Waals surface area contributed by atoms with Gasteiger partial charge in [0.05, 0.1) is 5.69 Å². The second-order valence-corrected chi connectivity index (χ2v) is 2.90. The van der Waals surface area contributed by atoms with Gasteiger partial charge in [0.2, 0.25) is 0 Å². The summed E-state index contributed by atoms with van der Waals surface area (Å²) in [5.41, 5.74) is 0.997. The number of rotatable bonds is 4. The third-order valence-corrected chi connectivity index (χ3v) is 1.91. The molecule has 0 aliphatic heterocycles. The summed E-state index contributed by atoms with van der Waals surface area (Å²) in [6.07, 6.45) is 1.69. The van der Waals surface area contributed by atoms with E-state index in [1.165, 1.54) is 11.5 Å². The Morgan fingerprint density at radius 1 is 1.73 bits per heavy atom. The van der Waals surface area contributed by atoms with Crippen molar-refractivity contribution in [2.24, 2.45) is 0 Å². The third kappa shape index (κ3) is 3.13. The van der Waals surface area contributed by atoms with Crippen molar-refractivity contribution in [1.82, 2.24) is 4.37 Å². The summed E-state index contributed by atoms with van der Waals surface area (Å²) in [4.78, 5) is 10.1. The lowest BCUT2D eigenvalue weighted by molar-refractivity contribution is -0.137. The van der Waals surface area contributed by atoms with Gasteiger partial charge in [-0.3, -0.25) is 4.79 Å². The van der Waals surface area contributed by atoms with E-state index in [0.29, 0.717) is 6.42 Å². The van der Waals surface area contributed by atoms with Gasteiger partial charge in [0.1, 0.15) is 0 Å². The first-order valence-electron chi connectivity index (χ1n) is 3.40. The molecule has 1 N–H and O–H groups in total. The van der Waals surface area contributed by atoms with Crippen LogP contribution < -0.4 is 0 Å². The van der Waals surface area contributed by atoms with Crippen molar-refractivity contribution < 1.29 is 9.90 Å². The molecule has 1 aromatic rings. The fraction of sp³-hybridized carbons (Fsp3) is 0.429. The second-order valence-electron chi connectivity index (χ2n) is 2.24. The lowest BCUT2D eigenvalue weighted by Crippen LogP contribution is -1.95. The number of carboxylic acid groups (broad SMARTS) is 1. The lowest BCUT2D eigenvalue weighted by Gasteiger charge is -1.91. The Hall–Kier alpha value is -0.900. The predicted molar refractivity (Wildman–Crippen MR) is 42.7 cm³/mol. The molecule has 1 aromatic heterocycles. The summed E-state index contributed by atoms with van der Waals surface area (Å²) in [6.45, 7) is 0. The van der Waals surface area contributed by atoms with Crippen LogP contribution in [0, 0.1) is 0 Å². The summed E-state index contributed by atoms with van der Waals surface area (Å²) in [5, 5.41) is 10.2. The highest BCUT2D eigenvalue weighted by molar-refractivity contribution is 7.03. The maximum Gasteiger partial charge on any atom is 0.303 e. The van der Waals surface area contributed by atoms with Crippen LogP contribution in [-0.2, 0) is 11.2 Å². The minimum Gasteiger partial charge on any atom is -0.481 e. The predicted octanol–water partition coefficient (Wildman–Crippen LogP) is 1.55. The molecule has 0 aromatic carbocycles. The number of carboxylic acids is 1. The molecule has 0 atom stereocenters. The zero-order valence-corrected chi connectivity index (χ0v) is 6.80. The maximum absolute atomic E-state index is 10.1. The lowest BCUT2D eigenvalue weighted by atomic mass is 10.2. The van der Waals surface area contributed by atoms with Crippen LogP contribution in [0.15, 0.2) is 11.4 Å². The summed E-state index contributed by atoms with van der Waals surface area (Å²) < 4.78 is 4.06. The molecular formula is C7H9NO2S. The van der Waals surface area contributed by atoms with Crippen molar-refractivity contribution in [3.63, 3.8) is 0 Å². The Kier molecular flexibility index (Phi) is 3.04. The quantitative estimate of drug-likeness (QED) is 0.747. The molecule has 0 aliphatic carbocycles. The average Bonchev–Trinajstić information content (AvgIpc) is 2.39. The first-order chi connectivity index (χ1) is 5.29. The van der Waals surface area contributed by atoms with Gasteiger partial charge in [-0.2, -0.15) is 4.37 Å². The molecule has 0 radical (unpaired) electrons. The SMILES string of the molecule is O=C(O)CCCc1ccsn1. The van der Waals surface area contributed by atoms with Gasteiger partial charge in [-0.1, -0.05) is 0 Å². The van der Waals surface area contributed by atoms with Crippen molar-refractivity contribution in [1.29, 1.82) is 0 Å². The Balaban J connectivity index is 2.19. The van der Waals surface area contributed by atoms with Gasteiger partial charge in [-0.05, 0) is 30.4 Å². The van der Waals surface area contributed by atoms with Gasteiger partial charge < -0.3 is 5.11 Å². The molecular weight excluding hydrogens is 162 g/mol. The topological polar surface area (TPSA) is 50.2 Å². The van der Waals surface area contributed by atoms with Crippen molar-refractivity contribution in [2.45, 2.75) is 19.3 Å². The first kappa shape index (κ1) is 8.20. The van der Waals surface area contributed by atoms with Crippen LogP contribution in [0.3, 0.4) is 0 Å². The molecule has 11 heavy (non-hydrogen) atoms. The number of aliphatic carboxylic acids is 1. The van der Waals surface area contributed by atoms with Gasteiger partial charge in [-0.25, -0.2) is 0 Å². The molecule has 1 rings (SSSR count). The average molecular weight is 171 g/mol. The standard InChI is InChI=1S/C7H9NO2S/c9-7(10)3-1-2-6-4-5-11-8-6/h4-5H,1-3H2,(H,9,10). The van der Waals surface area contributed by atoms with E-state index in [1.807, 2.05) is 11.4 Å². The molecule has 0 unspecified atom stereocenters. The molecule has 0 bridgehead atoms. The van der Waals surface area contributed by atoms with Crippen LogP contribution in [0.25, 0.3) is 0 Å². The van der Waals surface area contributed by atoms with Crippen LogP contribution in [0.5, 0.6) is 0 Å². The summed E-state index contributed by atoms with van der Waals surface area (Å²) >= 11 is 1.40. The highest BCUT2D eigenvalue weighted by Gasteiger charge is 1.98. The molecule has 4 heteroatoms. The molecule has 60 valence electrons. The minimum absolute atomic E-state index is 0.234. The van der Waals surface area contributed by atoms with E-state index in [9.17, 15) is 4.79 Å². The molecule has 0 aliphatic rings. The van der Waals surface area contributed by atoms with Gasteiger partial charge >= 0.3 is 5.97 Å². The van der Waals surface area contributed by atoms with Crippen LogP contribution in [0.2, 0.25) is 0 Å². The number of nitrogens with zero attached hydrogens (tertiary/aromatic N) is 1. The largest absolute Gasteiger partial charge is 0.481 e. The molecule has 0 amide bonds. The van der Waals surface area contributed by atoms with E-state index in [0.717, 1.165) is 12.1 Å². The number of hydrogen-bond donors (Lipinski definition) is 1. The van der Waals surface area contributed by atoms with E-state index in [2.05, 4.69) is 4.37 Å². The Morgan fingerprint density at radius 2 is 2.55 bits per heavy atom. The number of carbonyl (C=O) groups is 1. The monoisotopic (exact) mass is 171 g/mol. The molecule has 1 heterocycles. The van der Waals surface area contributed by atoms with Crippen molar-refractivity contribution in [3.05, 3.63) is 17.1 Å². The fourth-order valence-corrected chi connectivity index (χ4v) is 1.35. The number of aromatic nitrogens is 1. The van der Waals surface area contributed by atoms with Crippen molar-refractivity contribution in [3.8, 4) is 0 Å². The Bertz CT molecular complexity index is 220. The summed E-state index contributed by atoms with van der Waals surface area (Å²) in [5.74, 6) is -0.736. The zero-order valence-electron chi connectivity index (χ0n) is 5.99. The fourth-order valence-electron chi connectivity index (χ4n) is 0.787. The molecule has 0 saturated heterocycles. The zero-order chi connectivity index (χ0) is 8.10. The normalized spacial score (nSPS) is 9.82. The van der Waals surface area contributed by atoms with Crippen molar-refractivity contribution >= 4 is 17.5 Å². The highest BCUT2D eigenvalue weighted by atomic mass is 32.1. The maximum atomic E-state index is 10.1. The molecule has 0 saturated carbocycles. The van der Waals surface area contributed by atoms with Gasteiger partial charge in [0, 0.05) is 11.8 Å². The van der Waals surface area contributed by atoms with Crippen LogP contribution >= 0.6 is 11.5 Å². The molecule has 3 nitrogen and oxygen atoms in total. The van der Waals surface area contributed by atoms with E-state index in [1.54, 1.807) is 0 Å². The first-order valence-corrected chi connectivity index (χ1v) is 4.24. The minimum atomic E-state index is -0.736. The summed E-state index contributed by atoms with van der Waals surface area (Å²) in [7, 11) is 0. The molecule has 0 fully saturated rings. The summed E-state index contributed by atoms with van der Waals surface area (Å²) in [6, 6.07) is 1.92. The molecule has 0 spiro atoms. The van der Waals surface area contributed by atoms with E-state index >= 15 is 0 Å². The second kappa shape index (κ2) is 4.08. The van der Waals surface area contributed by atoms with Gasteiger partial charge in [-0.15, -0.1) is 0 Å². The third-order valence-electron chi connectivity index (χ3n) is 1.31. The number of aryl methyl sites for hydroxylation is 1. The van der Waals surface area contributed by atoms with Gasteiger partial charge in [0.15, 0.2) is 0 Å². The number of hydrogen-bond acceptors (Lipinski definition) is 3. The van der Waals surface area contributed by atoms with E-state index in [4.69, 9.17) is 5.11 Å². The van der Waals surface area contributed by atoms with Crippen molar-refractivity contribution in [2.75, 3.05) is 0 Å². The Labute approximate surface area is 68.8 Å².